The van der Waals surface area contributed by atoms with E-state index < -0.39 is 16.1 Å². The average Bonchev–Trinajstić information content (AvgIpc) is 2.48. The summed E-state index contributed by atoms with van der Waals surface area (Å²) < 4.78 is 6.47. The highest BCUT2D eigenvalue weighted by Crippen LogP contribution is 2.15. The molecule has 0 radical (unpaired) electrons. The van der Waals surface area contributed by atoms with Crippen molar-refractivity contribution in [3.8, 4) is 0 Å². The van der Waals surface area contributed by atoms with Gasteiger partial charge >= 0.3 is 0 Å². The van der Waals surface area contributed by atoms with Crippen LogP contribution in [0.2, 0.25) is 38.3 Å². The average molecular weight is 560 g/mol. The Morgan fingerprint density at radius 2 is 1.05 bits per heavy atom. The first-order valence-corrected chi connectivity index (χ1v) is 16.7. The van der Waals surface area contributed by atoms with E-state index in [2.05, 4.69) is 103 Å². The third-order valence-electron chi connectivity index (χ3n) is 4.59. The molecular weight excluding hydrogens is 530 g/mol. The molecule has 1 aromatic carbocycles. The van der Waals surface area contributed by atoms with Gasteiger partial charge in [-0.3, -0.25) is 7.06 Å². The molecule has 0 saturated heterocycles. The Labute approximate surface area is 166 Å². The van der Waals surface area contributed by atoms with Gasteiger partial charge in [-0.25, -0.2) is 0 Å². The maximum Gasteiger partial charge on any atom is 0.0806 e. The maximum absolute atomic E-state index is 3.24. The second-order valence-electron chi connectivity index (χ2n) is 7.32. The number of hydrogen-bond donors (Lipinski definition) is 2. The predicted octanol–water partition coefficient (Wildman–Crippen LogP) is 4.18. The lowest BCUT2D eigenvalue weighted by Crippen LogP contribution is -2.45. The van der Waals surface area contributed by atoms with Crippen LogP contribution in [0.15, 0.2) is 24.3 Å². The summed E-state index contributed by atoms with van der Waals surface area (Å²) in [5, 5.41) is 3.23. The summed E-state index contributed by atoms with van der Waals surface area (Å²) in [6.07, 6.45) is 2.57. The Morgan fingerprint density at radius 1 is 0.727 bits per heavy atom. The monoisotopic (exact) mass is 560 g/mol. The standard InChI is InChI=1S/C16H30I2N2Si2/c1-21(2,13-5-11-19-17)15-7-9-16(10-8-15)22(3,4)14-6-12-20-18/h7-10,19-20H,5-6,11-14H2,1-4H3. The Hall–Kier alpha value is 1.03. The van der Waals surface area contributed by atoms with Crippen molar-refractivity contribution in [2.75, 3.05) is 13.1 Å². The van der Waals surface area contributed by atoms with Crippen LogP contribution in [0.25, 0.3) is 0 Å². The zero-order chi connectivity index (χ0) is 16.6. The highest BCUT2D eigenvalue weighted by molar-refractivity contribution is 14.1. The van der Waals surface area contributed by atoms with E-state index in [1.165, 1.54) is 24.9 Å². The van der Waals surface area contributed by atoms with Crippen molar-refractivity contribution in [2.45, 2.75) is 51.1 Å². The van der Waals surface area contributed by atoms with Crippen LogP contribution in [-0.2, 0) is 0 Å². The second kappa shape index (κ2) is 10.1. The first kappa shape index (κ1) is 21.1. The van der Waals surface area contributed by atoms with Gasteiger partial charge in [-0.15, -0.1) is 0 Å². The van der Waals surface area contributed by atoms with E-state index in [-0.39, 0.29) is 0 Å². The van der Waals surface area contributed by atoms with E-state index in [0.29, 0.717) is 0 Å². The van der Waals surface area contributed by atoms with Crippen molar-refractivity contribution in [3.05, 3.63) is 24.3 Å². The fourth-order valence-electron chi connectivity index (χ4n) is 2.86. The highest BCUT2D eigenvalue weighted by Gasteiger charge is 2.26. The molecule has 0 aliphatic rings. The van der Waals surface area contributed by atoms with Gasteiger partial charge in [-0.1, -0.05) is 72.9 Å². The first-order valence-electron chi connectivity index (χ1n) is 8.11. The first-order chi connectivity index (χ1) is 10.3. The quantitative estimate of drug-likeness (QED) is 0.194. The summed E-state index contributed by atoms with van der Waals surface area (Å²) in [6.45, 7) is 12.3. The highest BCUT2D eigenvalue weighted by atomic mass is 127. The zero-order valence-corrected chi connectivity index (χ0v) is 20.6. The molecule has 0 aromatic heterocycles. The van der Waals surface area contributed by atoms with Gasteiger partial charge in [0.15, 0.2) is 0 Å². The van der Waals surface area contributed by atoms with Crippen LogP contribution >= 0.6 is 45.7 Å². The fraction of sp³-hybridized carbons (Fsp3) is 0.625. The van der Waals surface area contributed by atoms with Gasteiger partial charge in [0.25, 0.3) is 0 Å². The van der Waals surface area contributed by atoms with Crippen LogP contribution in [0, 0.1) is 0 Å². The van der Waals surface area contributed by atoms with Gasteiger partial charge < -0.3 is 0 Å². The van der Waals surface area contributed by atoms with Crippen LogP contribution in [0.4, 0.5) is 0 Å². The van der Waals surface area contributed by atoms with Crippen molar-refractivity contribution in [3.63, 3.8) is 0 Å². The Morgan fingerprint density at radius 3 is 1.32 bits per heavy atom. The van der Waals surface area contributed by atoms with Crippen LogP contribution in [0.1, 0.15) is 12.8 Å². The van der Waals surface area contributed by atoms with Crippen molar-refractivity contribution < 1.29 is 0 Å². The lowest BCUT2D eigenvalue weighted by Gasteiger charge is -2.26. The lowest BCUT2D eigenvalue weighted by molar-refractivity contribution is 0.884. The van der Waals surface area contributed by atoms with E-state index in [0.717, 1.165) is 13.1 Å². The van der Waals surface area contributed by atoms with Crippen molar-refractivity contribution in [2.24, 2.45) is 0 Å². The molecule has 0 heterocycles. The number of hydrogen-bond acceptors (Lipinski definition) is 2. The van der Waals surface area contributed by atoms with Crippen LogP contribution in [0.3, 0.4) is 0 Å². The summed E-state index contributed by atoms with van der Waals surface area (Å²) in [5.41, 5.74) is 0. The summed E-state index contributed by atoms with van der Waals surface area (Å²) in [5.74, 6) is 0. The van der Waals surface area contributed by atoms with Crippen LogP contribution in [-0.4, -0.2) is 29.2 Å². The largest absolute Gasteiger partial charge is 0.261 e. The molecule has 0 amide bonds. The number of rotatable bonds is 10. The molecule has 0 fully saturated rings. The van der Waals surface area contributed by atoms with Gasteiger partial charge in [-0.05, 0) is 12.8 Å². The molecule has 0 spiro atoms. The minimum Gasteiger partial charge on any atom is -0.261 e. The van der Waals surface area contributed by atoms with Crippen LogP contribution < -0.4 is 17.4 Å². The smallest absolute Gasteiger partial charge is 0.0806 e. The second-order valence-corrected chi connectivity index (χ2v) is 18.5. The SMILES string of the molecule is C[Si](C)(CCCNI)c1ccc([Si](C)(C)CCCNI)cc1. The molecule has 126 valence electrons. The predicted molar refractivity (Wildman–Crippen MR) is 124 cm³/mol. The van der Waals surface area contributed by atoms with Gasteiger partial charge in [0.05, 0.1) is 16.1 Å². The summed E-state index contributed by atoms with van der Waals surface area (Å²) in [4.78, 5) is 0. The molecule has 0 unspecified atom stereocenters. The summed E-state index contributed by atoms with van der Waals surface area (Å²) in [7, 11) is -2.54. The Bertz CT molecular complexity index is 395. The molecule has 0 saturated carbocycles. The summed E-state index contributed by atoms with van der Waals surface area (Å²) in [6, 6.07) is 12.5. The molecule has 0 bridgehead atoms. The van der Waals surface area contributed by atoms with Gasteiger partial charge in [0.2, 0.25) is 0 Å². The van der Waals surface area contributed by atoms with Gasteiger partial charge in [-0.2, -0.15) is 0 Å². The van der Waals surface area contributed by atoms with E-state index in [1.54, 1.807) is 10.4 Å². The Kier molecular flexibility index (Phi) is 9.70. The number of nitrogens with one attached hydrogen (secondary N) is 2. The number of halogens is 2. The molecule has 6 heteroatoms. The molecule has 1 rings (SSSR count). The molecule has 2 N–H and O–H groups in total. The third-order valence-corrected chi connectivity index (χ3v) is 12.7. The van der Waals surface area contributed by atoms with E-state index >= 15 is 0 Å². The zero-order valence-electron chi connectivity index (χ0n) is 14.3. The lowest BCUT2D eigenvalue weighted by atomic mass is 10.4. The van der Waals surface area contributed by atoms with Gasteiger partial charge in [0.1, 0.15) is 0 Å². The van der Waals surface area contributed by atoms with E-state index in [4.69, 9.17) is 0 Å². The van der Waals surface area contributed by atoms with Gasteiger partial charge in [0, 0.05) is 58.8 Å². The Balaban J connectivity index is 2.72. The van der Waals surface area contributed by atoms with E-state index in [9.17, 15) is 0 Å². The molecular formula is C16H30I2N2Si2. The molecule has 0 aliphatic heterocycles. The number of benzene rings is 1. The normalized spacial score (nSPS) is 12.6. The minimum absolute atomic E-state index is 1.12. The third kappa shape index (κ3) is 6.88. The molecule has 2 nitrogen and oxygen atoms in total. The molecule has 0 aliphatic carbocycles. The fourth-order valence-corrected chi connectivity index (χ4v) is 8.46. The van der Waals surface area contributed by atoms with Crippen molar-refractivity contribution in [1.29, 1.82) is 0 Å². The molecule has 22 heavy (non-hydrogen) atoms. The molecule has 1 aromatic rings. The maximum atomic E-state index is 3.24. The van der Waals surface area contributed by atoms with Crippen LogP contribution in [0.5, 0.6) is 0 Å². The topological polar surface area (TPSA) is 24.1 Å². The van der Waals surface area contributed by atoms with Crippen molar-refractivity contribution >= 4 is 72.3 Å². The molecule has 0 atom stereocenters. The van der Waals surface area contributed by atoms with Crippen molar-refractivity contribution in [1.82, 2.24) is 7.06 Å². The van der Waals surface area contributed by atoms with E-state index in [1.807, 2.05) is 0 Å². The minimum atomic E-state index is -1.27. The summed E-state index contributed by atoms with van der Waals surface area (Å²) >= 11 is 4.49.